The van der Waals surface area contributed by atoms with E-state index in [1.54, 1.807) is 26.0 Å². The second-order valence-electron chi connectivity index (χ2n) is 6.43. The Morgan fingerprint density at radius 2 is 1.81 bits per heavy atom. The highest BCUT2D eigenvalue weighted by molar-refractivity contribution is 5.95. The number of benzene rings is 2. The number of carboxylic acids is 1. The van der Waals surface area contributed by atoms with E-state index in [4.69, 9.17) is 19.3 Å². The fraction of sp³-hybridized carbons (Fsp3) is 0.300. The highest BCUT2D eigenvalue weighted by Crippen LogP contribution is 2.34. The van der Waals surface area contributed by atoms with E-state index in [9.17, 15) is 9.59 Å². The molecule has 142 valence electrons. The van der Waals surface area contributed by atoms with E-state index in [2.05, 4.69) is 5.32 Å². The van der Waals surface area contributed by atoms with Gasteiger partial charge in [0, 0.05) is 5.56 Å². The van der Waals surface area contributed by atoms with Crippen molar-refractivity contribution in [1.82, 2.24) is 5.32 Å². The summed E-state index contributed by atoms with van der Waals surface area (Å²) in [5.41, 5.74) is 2.80. The van der Waals surface area contributed by atoms with Gasteiger partial charge in [0.1, 0.15) is 5.75 Å². The summed E-state index contributed by atoms with van der Waals surface area (Å²) < 4.78 is 16.0. The zero-order chi connectivity index (χ0) is 19.6. The lowest BCUT2D eigenvalue weighted by Gasteiger charge is -2.17. The SMILES string of the molecule is Cc1cc(C(=O)NC(C)c2ccc3c(c2)OCO3)cc(C)c1OCC(=O)O. The smallest absolute Gasteiger partial charge is 0.341 e. The van der Waals surface area contributed by atoms with Crippen molar-refractivity contribution in [2.45, 2.75) is 26.8 Å². The number of carbonyl (C=O) groups excluding carboxylic acids is 1. The molecule has 0 saturated carbocycles. The number of rotatable bonds is 6. The predicted molar refractivity (Wildman–Crippen MR) is 97.5 cm³/mol. The van der Waals surface area contributed by atoms with Crippen LogP contribution < -0.4 is 19.5 Å². The molecule has 1 unspecified atom stereocenters. The van der Waals surface area contributed by atoms with Crippen LogP contribution in [0.1, 0.15) is 40.0 Å². The van der Waals surface area contributed by atoms with Crippen molar-refractivity contribution >= 4 is 11.9 Å². The van der Waals surface area contributed by atoms with Gasteiger partial charge in [-0.1, -0.05) is 6.07 Å². The molecule has 1 atom stereocenters. The summed E-state index contributed by atoms with van der Waals surface area (Å²) in [6, 6.07) is 8.71. The molecule has 1 amide bonds. The van der Waals surface area contributed by atoms with E-state index in [0.29, 0.717) is 33.9 Å². The van der Waals surface area contributed by atoms with Crippen LogP contribution in [0.4, 0.5) is 0 Å². The third-order valence-corrected chi connectivity index (χ3v) is 4.31. The first kappa shape index (κ1) is 18.6. The molecule has 0 aromatic heterocycles. The van der Waals surface area contributed by atoms with Crippen LogP contribution in [0.3, 0.4) is 0 Å². The molecule has 0 fully saturated rings. The van der Waals surface area contributed by atoms with Crippen molar-refractivity contribution in [1.29, 1.82) is 0 Å². The lowest BCUT2D eigenvalue weighted by Crippen LogP contribution is -2.26. The highest BCUT2D eigenvalue weighted by atomic mass is 16.7. The molecule has 1 aliphatic rings. The zero-order valence-corrected chi connectivity index (χ0v) is 15.4. The van der Waals surface area contributed by atoms with Gasteiger partial charge in [0.05, 0.1) is 6.04 Å². The van der Waals surface area contributed by atoms with Crippen LogP contribution in [0, 0.1) is 13.8 Å². The maximum atomic E-state index is 12.6. The molecule has 2 aromatic carbocycles. The maximum absolute atomic E-state index is 12.6. The molecule has 0 bridgehead atoms. The lowest BCUT2D eigenvalue weighted by molar-refractivity contribution is -0.139. The topological polar surface area (TPSA) is 94.1 Å². The third kappa shape index (κ3) is 4.13. The third-order valence-electron chi connectivity index (χ3n) is 4.31. The number of amides is 1. The minimum atomic E-state index is -1.05. The molecule has 7 nitrogen and oxygen atoms in total. The second kappa shape index (κ2) is 7.57. The average molecular weight is 371 g/mol. The Bertz CT molecular complexity index is 869. The van der Waals surface area contributed by atoms with Gasteiger partial charge in [-0.15, -0.1) is 0 Å². The van der Waals surface area contributed by atoms with Gasteiger partial charge in [0.25, 0.3) is 5.91 Å². The van der Waals surface area contributed by atoms with Crippen LogP contribution in [0.5, 0.6) is 17.2 Å². The van der Waals surface area contributed by atoms with Crippen LogP contribution in [0.25, 0.3) is 0 Å². The first-order chi connectivity index (χ1) is 12.8. The monoisotopic (exact) mass is 371 g/mol. The van der Waals surface area contributed by atoms with E-state index in [1.807, 2.05) is 25.1 Å². The lowest BCUT2D eigenvalue weighted by atomic mass is 10.0. The number of ether oxygens (including phenoxy) is 3. The van der Waals surface area contributed by atoms with E-state index in [1.165, 1.54) is 0 Å². The van der Waals surface area contributed by atoms with E-state index < -0.39 is 12.6 Å². The van der Waals surface area contributed by atoms with Crippen LogP contribution in [0.15, 0.2) is 30.3 Å². The summed E-state index contributed by atoms with van der Waals surface area (Å²) in [5.74, 6) is 0.572. The van der Waals surface area contributed by atoms with Gasteiger partial charge in [-0.2, -0.15) is 0 Å². The molecule has 2 N–H and O–H groups in total. The molecule has 27 heavy (non-hydrogen) atoms. The number of hydrogen-bond acceptors (Lipinski definition) is 5. The molecular formula is C20H21NO6. The van der Waals surface area contributed by atoms with Gasteiger partial charge < -0.3 is 24.6 Å². The summed E-state index contributed by atoms with van der Waals surface area (Å²) in [4.78, 5) is 23.3. The summed E-state index contributed by atoms with van der Waals surface area (Å²) in [6.45, 7) is 5.23. The zero-order valence-electron chi connectivity index (χ0n) is 15.4. The van der Waals surface area contributed by atoms with E-state index in [0.717, 1.165) is 5.56 Å². The quantitative estimate of drug-likeness (QED) is 0.811. The van der Waals surface area contributed by atoms with Crippen LogP contribution in [0.2, 0.25) is 0 Å². The molecule has 7 heteroatoms. The number of carbonyl (C=O) groups is 2. The number of nitrogens with one attached hydrogen (secondary N) is 1. The molecule has 0 spiro atoms. The molecule has 1 heterocycles. The Labute approximate surface area is 156 Å². The minimum Gasteiger partial charge on any atom is -0.481 e. The molecule has 1 aliphatic heterocycles. The fourth-order valence-electron chi connectivity index (χ4n) is 2.99. The largest absolute Gasteiger partial charge is 0.481 e. The Morgan fingerprint density at radius 1 is 1.15 bits per heavy atom. The second-order valence-corrected chi connectivity index (χ2v) is 6.43. The summed E-state index contributed by atoms with van der Waals surface area (Å²) in [6.07, 6.45) is 0. The number of fused-ring (bicyclic) bond motifs is 1. The number of aliphatic carboxylic acids is 1. The first-order valence-electron chi connectivity index (χ1n) is 8.51. The maximum Gasteiger partial charge on any atom is 0.341 e. The van der Waals surface area contributed by atoms with Crippen LogP contribution in [-0.4, -0.2) is 30.4 Å². The molecule has 3 rings (SSSR count). The van der Waals surface area contributed by atoms with Crippen LogP contribution in [-0.2, 0) is 4.79 Å². The van der Waals surface area contributed by atoms with Gasteiger partial charge in [-0.3, -0.25) is 4.79 Å². The van der Waals surface area contributed by atoms with E-state index in [-0.39, 0.29) is 18.7 Å². The molecule has 0 saturated heterocycles. The number of hydrogen-bond donors (Lipinski definition) is 2. The fourth-order valence-corrected chi connectivity index (χ4v) is 2.99. The molecule has 0 radical (unpaired) electrons. The number of carboxylic acid groups (broad SMARTS) is 1. The Balaban J connectivity index is 1.73. The number of aryl methyl sites for hydroxylation is 2. The minimum absolute atomic E-state index is 0.203. The normalized spacial score (nSPS) is 13.1. The predicted octanol–water partition coefficient (Wildman–Crippen LogP) is 2.99. The summed E-state index contributed by atoms with van der Waals surface area (Å²) in [7, 11) is 0. The Kier molecular flexibility index (Phi) is 5.21. The Morgan fingerprint density at radius 3 is 2.48 bits per heavy atom. The van der Waals surface area contributed by atoms with Crippen molar-refractivity contribution in [2.75, 3.05) is 13.4 Å². The first-order valence-corrected chi connectivity index (χ1v) is 8.51. The van der Waals surface area contributed by atoms with Crippen molar-refractivity contribution < 1.29 is 28.9 Å². The van der Waals surface area contributed by atoms with Crippen molar-refractivity contribution in [3.63, 3.8) is 0 Å². The van der Waals surface area contributed by atoms with Crippen molar-refractivity contribution in [2.24, 2.45) is 0 Å². The van der Waals surface area contributed by atoms with Crippen molar-refractivity contribution in [3.05, 3.63) is 52.6 Å². The summed E-state index contributed by atoms with van der Waals surface area (Å²) in [5, 5.41) is 11.7. The van der Waals surface area contributed by atoms with Gasteiger partial charge in [0.2, 0.25) is 6.79 Å². The standard InChI is InChI=1S/C20H21NO6/c1-11-6-15(7-12(2)19(11)25-9-18(22)23)20(24)21-13(3)14-4-5-16-17(8-14)27-10-26-16/h4-8,13H,9-10H2,1-3H3,(H,21,24)(H,22,23). The summed E-state index contributed by atoms with van der Waals surface area (Å²) >= 11 is 0. The van der Waals surface area contributed by atoms with Gasteiger partial charge in [0.15, 0.2) is 18.1 Å². The molecular weight excluding hydrogens is 350 g/mol. The van der Waals surface area contributed by atoms with E-state index >= 15 is 0 Å². The molecule has 0 aliphatic carbocycles. The van der Waals surface area contributed by atoms with Gasteiger partial charge >= 0.3 is 5.97 Å². The van der Waals surface area contributed by atoms with Gasteiger partial charge in [-0.05, 0) is 61.7 Å². The van der Waals surface area contributed by atoms with Crippen molar-refractivity contribution in [3.8, 4) is 17.2 Å². The van der Waals surface area contributed by atoms with Gasteiger partial charge in [-0.25, -0.2) is 4.79 Å². The Hall–Kier alpha value is -3.22. The highest BCUT2D eigenvalue weighted by Gasteiger charge is 2.18. The average Bonchev–Trinajstić information content (AvgIpc) is 3.08. The van der Waals surface area contributed by atoms with Crippen LogP contribution >= 0.6 is 0 Å². The molecule has 2 aromatic rings.